The number of carbonyl (C=O) groups is 1. The van der Waals surface area contributed by atoms with Crippen molar-refractivity contribution in [3.63, 3.8) is 0 Å². The second-order valence-electron chi connectivity index (χ2n) is 7.99. The molecule has 3 heterocycles. The Labute approximate surface area is 200 Å². The van der Waals surface area contributed by atoms with Crippen molar-refractivity contribution in [2.45, 2.75) is 0 Å². The molecule has 0 radical (unpaired) electrons. The van der Waals surface area contributed by atoms with Crippen LogP contribution in [0.5, 0.6) is 0 Å². The highest BCUT2D eigenvalue weighted by Crippen LogP contribution is 2.28. The summed E-state index contributed by atoms with van der Waals surface area (Å²) in [5.41, 5.74) is 1.51. The molecule has 9 heteroatoms. The third-order valence-corrected chi connectivity index (χ3v) is 6.86. The summed E-state index contributed by atoms with van der Waals surface area (Å²) in [6.45, 7) is 4.48. The van der Waals surface area contributed by atoms with Gasteiger partial charge in [-0.1, -0.05) is 35.5 Å². The molecule has 2 aromatic carbocycles. The molecule has 34 heavy (non-hydrogen) atoms. The lowest BCUT2D eigenvalue weighted by atomic mass is 10.2. The lowest BCUT2D eigenvalue weighted by Crippen LogP contribution is -2.48. The van der Waals surface area contributed by atoms with Gasteiger partial charge in [0.25, 0.3) is 11.8 Å². The number of halogens is 1. The minimum Gasteiger partial charge on any atom is -0.367 e. The average molecular weight is 478 g/mol. The van der Waals surface area contributed by atoms with Gasteiger partial charge in [0.2, 0.25) is 5.82 Å². The fraction of sp³-hybridized carbons (Fsp3) is 0.240. The molecular weight excluding hydrogens is 453 g/mol. The van der Waals surface area contributed by atoms with Crippen molar-refractivity contribution in [3.05, 3.63) is 77.4 Å². The first-order valence-corrected chi connectivity index (χ1v) is 12.0. The highest BCUT2D eigenvalue weighted by molar-refractivity contribution is 7.17. The highest BCUT2D eigenvalue weighted by atomic mass is 32.1. The molecule has 0 saturated carbocycles. The second kappa shape index (κ2) is 10.1. The van der Waals surface area contributed by atoms with Crippen molar-refractivity contribution in [1.82, 2.24) is 20.4 Å². The fourth-order valence-electron chi connectivity index (χ4n) is 3.94. The van der Waals surface area contributed by atoms with Crippen molar-refractivity contribution >= 4 is 22.9 Å². The maximum absolute atomic E-state index is 14.0. The number of carbonyl (C=O) groups excluding carboxylic acids is 1. The number of anilines is 1. The van der Waals surface area contributed by atoms with Crippen molar-refractivity contribution < 1.29 is 13.7 Å². The number of nitrogens with one attached hydrogen (secondary N) is 1. The Morgan fingerprint density at radius 3 is 2.56 bits per heavy atom. The van der Waals surface area contributed by atoms with Crippen LogP contribution in [0.1, 0.15) is 9.67 Å². The molecule has 2 aromatic heterocycles. The van der Waals surface area contributed by atoms with Gasteiger partial charge >= 0.3 is 0 Å². The van der Waals surface area contributed by atoms with E-state index >= 15 is 0 Å². The van der Waals surface area contributed by atoms with Gasteiger partial charge in [-0.25, -0.2) is 4.39 Å². The number of para-hydroxylation sites is 1. The van der Waals surface area contributed by atoms with E-state index in [0.717, 1.165) is 43.2 Å². The lowest BCUT2D eigenvalue weighted by Gasteiger charge is -2.36. The van der Waals surface area contributed by atoms with E-state index < -0.39 is 0 Å². The molecule has 4 aromatic rings. The first-order valence-electron chi connectivity index (χ1n) is 11.2. The Hall–Kier alpha value is -3.56. The normalized spacial score (nSPS) is 14.3. The minimum absolute atomic E-state index is 0.118. The summed E-state index contributed by atoms with van der Waals surface area (Å²) in [5.74, 6) is 0.615. The van der Waals surface area contributed by atoms with E-state index in [1.54, 1.807) is 12.1 Å². The number of nitrogens with zero attached hydrogens (tertiary/aromatic N) is 4. The molecule has 5 rings (SSSR count). The number of benzene rings is 2. The Balaban J connectivity index is 1.10. The average Bonchev–Trinajstić information content (AvgIpc) is 3.56. The molecule has 1 saturated heterocycles. The lowest BCUT2D eigenvalue weighted by molar-refractivity contribution is 0.0952. The van der Waals surface area contributed by atoms with Crippen LogP contribution in [0.3, 0.4) is 0 Å². The predicted octanol–water partition coefficient (Wildman–Crippen LogP) is 4.16. The van der Waals surface area contributed by atoms with Gasteiger partial charge in [0.15, 0.2) is 0 Å². The number of aromatic nitrogens is 2. The Morgan fingerprint density at radius 2 is 1.76 bits per heavy atom. The van der Waals surface area contributed by atoms with Crippen molar-refractivity contribution in [3.8, 4) is 22.2 Å². The number of amides is 1. The number of thiophene rings is 1. The van der Waals surface area contributed by atoms with Gasteiger partial charge < -0.3 is 14.7 Å². The van der Waals surface area contributed by atoms with E-state index in [-0.39, 0.29) is 11.7 Å². The van der Waals surface area contributed by atoms with Gasteiger partial charge in [0.05, 0.1) is 15.4 Å². The third-order valence-electron chi connectivity index (χ3n) is 5.78. The van der Waals surface area contributed by atoms with Gasteiger partial charge in [-0.05, 0) is 36.4 Å². The van der Waals surface area contributed by atoms with Crippen molar-refractivity contribution in [1.29, 1.82) is 0 Å². The Kier molecular flexibility index (Phi) is 6.64. The van der Waals surface area contributed by atoms with Gasteiger partial charge in [-0.2, -0.15) is 4.98 Å². The van der Waals surface area contributed by atoms with Gasteiger partial charge in [0.1, 0.15) is 5.82 Å². The highest BCUT2D eigenvalue weighted by Gasteiger charge is 2.20. The maximum atomic E-state index is 14.0. The molecule has 1 amide bonds. The van der Waals surface area contributed by atoms with Gasteiger partial charge in [-0.3, -0.25) is 9.69 Å². The van der Waals surface area contributed by atoms with E-state index in [9.17, 15) is 9.18 Å². The van der Waals surface area contributed by atoms with Gasteiger partial charge in [-0.15, -0.1) is 11.3 Å². The second-order valence-corrected chi connectivity index (χ2v) is 9.07. The zero-order chi connectivity index (χ0) is 23.3. The molecule has 0 unspecified atom stereocenters. The van der Waals surface area contributed by atoms with E-state index in [1.165, 1.54) is 17.4 Å². The van der Waals surface area contributed by atoms with Crippen LogP contribution in [0.25, 0.3) is 22.2 Å². The minimum atomic E-state index is -0.185. The van der Waals surface area contributed by atoms with E-state index in [4.69, 9.17) is 4.52 Å². The summed E-state index contributed by atoms with van der Waals surface area (Å²) in [6, 6.07) is 20.1. The van der Waals surface area contributed by atoms with Crippen LogP contribution in [-0.4, -0.2) is 60.2 Å². The molecule has 0 spiro atoms. The molecule has 0 atom stereocenters. The van der Waals surface area contributed by atoms with Crippen LogP contribution >= 0.6 is 11.3 Å². The van der Waals surface area contributed by atoms with Gasteiger partial charge in [0, 0.05) is 44.8 Å². The standard InChI is InChI=1S/C25H24FN5O2S/c26-19-8-4-5-9-20(19)31-16-14-30(15-17-31)13-12-27-24(32)22-11-10-21(34-22)23-28-25(33-29-23)18-6-2-1-3-7-18/h1-11H,12-17H2,(H,27,32). The summed E-state index contributed by atoms with van der Waals surface area (Å²) in [7, 11) is 0. The predicted molar refractivity (Wildman–Crippen MR) is 130 cm³/mol. The third kappa shape index (κ3) is 5.00. The first-order chi connectivity index (χ1) is 16.7. The van der Waals surface area contributed by atoms with Crippen LogP contribution in [0, 0.1) is 5.82 Å². The molecule has 1 N–H and O–H groups in total. The Bertz CT molecular complexity index is 1250. The smallest absolute Gasteiger partial charge is 0.261 e. The monoisotopic (exact) mass is 477 g/mol. The molecule has 174 valence electrons. The fourth-order valence-corrected chi connectivity index (χ4v) is 4.79. The maximum Gasteiger partial charge on any atom is 0.261 e. The van der Waals surface area contributed by atoms with E-state index in [1.807, 2.05) is 48.5 Å². The van der Waals surface area contributed by atoms with Crippen LogP contribution in [0.15, 0.2) is 71.3 Å². The summed E-state index contributed by atoms with van der Waals surface area (Å²) in [5, 5.41) is 7.04. The summed E-state index contributed by atoms with van der Waals surface area (Å²) in [6.07, 6.45) is 0. The van der Waals surface area contributed by atoms with Crippen molar-refractivity contribution in [2.24, 2.45) is 0 Å². The Morgan fingerprint density at radius 1 is 1.00 bits per heavy atom. The first kappa shape index (κ1) is 22.2. The van der Waals surface area contributed by atoms with Crippen LogP contribution < -0.4 is 10.2 Å². The number of piperazine rings is 1. The molecule has 1 aliphatic heterocycles. The molecule has 0 bridgehead atoms. The molecule has 1 aliphatic rings. The molecule has 1 fully saturated rings. The molecule has 0 aliphatic carbocycles. The quantitative estimate of drug-likeness (QED) is 0.431. The van der Waals surface area contributed by atoms with E-state index in [2.05, 4.69) is 25.3 Å². The number of rotatable bonds is 7. The van der Waals surface area contributed by atoms with Crippen LogP contribution in [0.4, 0.5) is 10.1 Å². The SMILES string of the molecule is O=C(NCCN1CCN(c2ccccc2F)CC1)c1ccc(-c2noc(-c3ccccc3)n2)s1. The number of hydrogen-bond donors (Lipinski definition) is 1. The molecular formula is C25H24FN5O2S. The topological polar surface area (TPSA) is 74.5 Å². The summed E-state index contributed by atoms with van der Waals surface area (Å²) >= 11 is 1.34. The largest absolute Gasteiger partial charge is 0.367 e. The van der Waals surface area contributed by atoms with Crippen LogP contribution in [0.2, 0.25) is 0 Å². The summed E-state index contributed by atoms with van der Waals surface area (Å²) < 4.78 is 19.4. The zero-order valence-corrected chi connectivity index (χ0v) is 19.3. The molecule has 7 nitrogen and oxygen atoms in total. The zero-order valence-electron chi connectivity index (χ0n) is 18.5. The van der Waals surface area contributed by atoms with E-state index in [0.29, 0.717) is 28.8 Å². The van der Waals surface area contributed by atoms with Crippen molar-refractivity contribution in [2.75, 3.05) is 44.2 Å². The number of hydrogen-bond acceptors (Lipinski definition) is 7. The van der Waals surface area contributed by atoms with Crippen LogP contribution in [-0.2, 0) is 0 Å². The summed E-state index contributed by atoms with van der Waals surface area (Å²) in [4.78, 5) is 22.8.